The fraction of sp³-hybridized carbons (Fsp3) is 0.562. The quantitative estimate of drug-likeness (QED) is 0.473. The molecule has 1 saturated carbocycles. The highest BCUT2D eigenvalue weighted by Crippen LogP contribution is 2.65. The van der Waals surface area contributed by atoms with Gasteiger partial charge in [-0.25, -0.2) is 8.42 Å². The average molecular weight is 608 g/mol. The molecule has 3 amide bonds. The van der Waals surface area contributed by atoms with Gasteiger partial charge in [0.05, 0.1) is 11.0 Å². The summed E-state index contributed by atoms with van der Waals surface area (Å²) >= 11 is 0. The summed E-state index contributed by atoms with van der Waals surface area (Å²) in [5.41, 5.74) is -0.976. The van der Waals surface area contributed by atoms with Gasteiger partial charge in [-0.3, -0.25) is 14.4 Å². The maximum atomic E-state index is 14.4. The Morgan fingerprint density at radius 2 is 1.86 bits per heavy atom. The Bertz CT molecular complexity index is 1610. The summed E-state index contributed by atoms with van der Waals surface area (Å²) in [6, 6.07) is 11.7. The highest BCUT2D eigenvalue weighted by Gasteiger charge is 2.70. The molecule has 43 heavy (non-hydrogen) atoms. The second-order valence-corrected chi connectivity index (χ2v) is 15.9. The summed E-state index contributed by atoms with van der Waals surface area (Å²) in [7, 11) is -2.66. The van der Waals surface area contributed by atoms with Gasteiger partial charge < -0.3 is 15.5 Å². The first-order valence-electron chi connectivity index (χ1n) is 14.8. The fourth-order valence-electron chi connectivity index (χ4n) is 7.23. The molecule has 6 atom stereocenters. The monoisotopic (exact) mass is 607 g/mol. The van der Waals surface area contributed by atoms with Gasteiger partial charge in [-0.1, -0.05) is 65.0 Å². The number of hydrogen-bond acceptors (Lipinski definition) is 6. The van der Waals surface area contributed by atoms with Gasteiger partial charge in [-0.05, 0) is 58.4 Å². The SMILES string of the molecule is CN(C(C(=O)N1C[C@H]2C([C@H]1C(=O)N[C@H](C#N)C[C@@H]1CCNC1=O)C2(C)C)C(C)(C)C)S(=O)(=O)c1ccc2ccccc2c1. The first kappa shape index (κ1) is 31.0. The largest absolute Gasteiger partial charge is 0.356 e. The summed E-state index contributed by atoms with van der Waals surface area (Å²) < 4.78 is 29.1. The minimum Gasteiger partial charge on any atom is -0.356 e. The van der Waals surface area contributed by atoms with Crippen molar-refractivity contribution in [2.24, 2.45) is 28.6 Å². The standard InChI is InChI=1S/C32H41N5O5S/c1-31(2,3)27(36(6)43(41,42)23-12-11-19-9-7-8-10-20(19)16-23)30(40)37-18-24-25(32(24,4)5)26(37)29(39)35-22(17-33)15-21-13-14-34-28(21)38/h7-12,16,21-22,24-27H,13-15,18H2,1-6H3,(H,34,38)(H,35,39)/t21-,22-,24-,25?,26-,27?/m0/s1. The summed E-state index contributed by atoms with van der Waals surface area (Å²) in [6.45, 7) is 10.4. The zero-order valence-electron chi connectivity index (χ0n) is 25.6. The molecule has 3 aliphatic rings. The van der Waals surface area contributed by atoms with Gasteiger partial charge in [-0.2, -0.15) is 9.57 Å². The van der Waals surface area contributed by atoms with Crippen LogP contribution in [-0.4, -0.2) is 73.6 Å². The Morgan fingerprint density at radius 3 is 2.47 bits per heavy atom. The number of carbonyl (C=O) groups excluding carboxylic acids is 3. The van der Waals surface area contributed by atoms with Gasteiger partial charge in [0.15, 0.2) is 0 Å². The topological polar surface area (TPSA) is 140 Å². The number of piperidine rings is 1. The summed E-state index contributed by atoms with van der Waals surface area (Å²) in [6.07, 6.45) is 0.799. The van der Waals surface area contributed by atoms with Crippen molar-refractivity contribution in [3.05, 3.63) is 42.5 Å². The fourth-order valence-corrected chi connectivity index (χ4v) is 8.76. The van der Waals surface area contributed by atoms with Crippen LogP contribution < -0.4 is 10.6 Å². The molecule has 2 aromatic rings. The Hall–Kier alpha value is -3.49. The number of sulfonamides is 1. The molecule has 2 unspecified atom stereocenters. The molecule has 2 heterocycles. The van der Waals surface area contributed by atoms with Crippen LogP contribution in [0, 0.1) is 39.9 Å². The highest BCUT2D eigenvalue weighted by molar-refractivity contribution is 7.89. The number of carbonyl (C=O) groups is 3. The van der Waals surface area contributed by atoms with E-state index >= 15 is 0 Å². The maximum Gasteiger partial charge on any atom is 0.244 e. The lowest BCUT2D eigenvalue weighted by Gasteiger charge is -2.41. The molecule has 1 aliphatic carbocycles. The maximum absolute atomic E-state index is 14.4. The molecule has 0 radical (unpaired) electrons. The molecule has 0 spiro atoms. The number of fused-ring (bicyclic) bond motifs is 2. The zero-order valence-corrected chi connectivity index (χ0v) is 26.4. The predicted octanol–water partition coefficient (Wildman–Crippen LogP) is 2.89. The van der Waals surface area contributed by atoms with Crippen LogP contribution >= 0.6 is 0 Å². The van der Waals surface area contributed by atoms with E-state index in [-0.39, 0.29) is 40.4 Å². The zero-order chi connectivity index (χ0) is 31.5. The molecule has 0 bridgehead atoms. The van der Waals surface area contributed by atoms with Crippen molar-refractivity contribution in [3.8, 4) is 6.07 Å². The van der Waals surface area contributed by atoms with Crippen molar-refractivity contribution in [1.82, 2.24) is 19.8 Å². The van der Waals surface area contributed by atoms with Gasteiger partial charge in [0.2, 0.25) is 27.7 Å². The summed E-state index contributed by atoms with van der Waals surface area (Å²) in [5, 5.41) is 17.0. The van der Waals surface area contributed by atoms with E-state index in [1.807, 2.05) is 45.0 Å². The molecule has 230 valence electrons. The number of benzene rings is 2. The lowest BCUT2D eigenvalue weighted by Crippen LogP contribution is -2.60. The molecule has 11 heteroatoms. The normalized spacial score (nSPS) is 26.0. The number of rotatable bonds is 8. The van der Waals surface area contributed by atoms with Crippen LogP contribution in [0.2, 0.25) is 0 Å². The van der Waals surface area contributed by atoms with Crippen molar-refractivity contribution in [1.29, 1.82) is 5.26 Å². The second kappa shape index (κ2) is 10.9. The Balaban J connectivity index is 1.42. The predicted molar refractivity (Wildman–Crippen MR) is 162 cm³/mol. The average Bonchev–Trinajstić information content (AvgIpc) is 3.28. The lowest BCUT2D eigenvalue weighted by molar-refractivity contribution is -0.145. The van der Waals surface area contributed by atoms with E-state index < -0.39 is 45.4 Å². The Labute approximate surface area is 253 Å². The van der Waals surface area contributed by atoms with Gasteiger partial charge >= 0.3 is 0 Å². The molecule has 2 N–H and O–H groups in total. The summed E-state index contributed by atoms with van der Waals surface area (Å²) in [4.78, 5) is 41.9. The van der Waals surface area contributed by atoms with E-state index in [9.17, 15) is 28.1 Å². The Morgan fingerprint density at radius 1 is 1.19 bits per heavy atom. The molecular weight excluding hydrogens is 566 g/mol. The summed E-state index contributed by atoms with van der Waals surface area (Å²) in [5.74, 6) is -1.39. The van der Waals surface area contributed by atoms with E-state index in [0.717, 1.165) is 15.1 Å². The van der Waals surface area contributed by atoms with E-state index in [1.54, 1.807) is 18.2 Å². The molecule has 2 aliphatic heterocycles. The van der Waals surface area contributed by atoms with Crippen LogP contribution in [0.4, 0.5) is 0 Å². The van der Waals surface area contributed by atoms with E-state index in [1.165, 1.54) is 11.9 Å². The molecule has 10 nitrogen and oxygen atoms in total. The van der Waals surface area contributed by atoms with E-state index in [4.69, 9.17) is 0 Å². The minimum absolute atomic E-state index is 0.0800. The van der Waals surface area contributed by atoms with Crippen LogP contribution in [0.15, 0.2) is 47.4 Å². The number of nitrogens with zero attached hydrogens (tertiary/aromatic N) is 3. The van der Waals surface area contributed by atoms with E-state index in [0.29, 0.717) is 19.5 Å². The number of nitrogens with one attached hydrogen (secondary N) is 2. The number of hydrogen-bond donors (Lipinski definition) is 2. The first-order valence-corrected chi connectivity index (χ1v) is 16.3. The molecule has 2 saturated heterocycles. The van der Waals surface area contributed by atoms with Crippen LogP contribution in [-0.2, 0) is 24.4 Å². The van der Waals surface area contributed by atoms with Gasteiger partial charge in [0.1, 0.15) is 18.1 Å². The van der Waals surface area contributed by atoms with Crippen molar-refractivity contribution in [2.45, 2.75) is 70.5 Å². The van der Waals surface area contributed by atoms with Crippen LogP contribution in [0.5, 0.6) is 0 Å². The molecule has 3 fully saturated rings. The molecular formula is C32H41N5O5S. The third kappa shape index (κ3) is 5.51. The van der Waals surface area contributed by atoms with Crippen molar-refractivity contribution < 1.29 is 22.8 Å². The molecule has 0 aromatic heterocycles. The first-order chi connectivity index (χ1) is 20.1. The number of amides is 3. The van der Waals surface area contributed by atoms with Gasteiger partial charge in [0, 0.05) is 26.1 Å². The van der Waals surface area contributed by atoms with Crippen LogP contribution in [0.25, 0.3) is 10.8 Å². The number of likely N-dealkylation sites (N-methyl/N-ethyl adjacent to an activating group) is 1. The third-order valence-corrected chi connectivity index (χ3v) is 11.6. The lowest BCUT2D eigenvalue weighted by atomic mass is 9.85. The van der Waals surface area contributed by atoms with Crippen molar-refractivity contribution >= 4 is 38.5 Å². The van der Waals surface area contributed by atoms with Crippen LogP contribution in [0.1, 0.15) is 47.5 Å². The van der Waals surface area contributed by atoms with Crippen molar-refractivity contribution in [2.75, 3.05) is 20.1 Å². The van der Waals surface area contributed by atoms with Gasteiger partial charge in [-0.15, -0.1) is 0 Å². The highest BCUT2D eigenvalue weighted by atomic mass is 32.2. The molecule has 2 aromatic carbocycles. The smallest absolute Gasteiger partial charge is 0.244 e. The van der Waals surface area contributed by atoms with E-state index in [2.05, 4.69) is 30.6 Å². The van der Waals surface area contributed by atoms with Gasteiger partial charge in [0.25, 0.3) is 0 Å². The second-order valence-electron chi connectivity index (χ2n) is 13.9. The third-order valence-electron chi connectivity index (χ3n) is 9.73. The van der Waals surface area contributed by atoms with Crippen LogP contribution in [0.3, 0.4) is 0 Å². The molecule has 5 rings (SSSR count). The number of likely N-dealkylation sites (tertiary alicyclic amines) is 1. The number of nitriles is 1. The minimum atomic E-state index is -4.09. The van der Waals surface area contributed by atoms with Crippen molar-refractivity contribution in [3.63, 3.8) is 0 Å². The Kier molecular flexibility index (Phi) is 7.84.